The molecule has 9 heteroatoms. The lowest BCUT2D eigenvalue weighted by Gasteiger charge is -2.19. The highest BCUT2D eigenvalue weighted by Crippen LogP contribution is 2.35. The smallest absolute Gasteiger partial charge is 0.397 e. The van der Waals surface area contributed by atoms with E-state index in [9.17, 15) is 13.2 Å². The maximum Gasteiger partial charge on any atom is 0.397 e. The van der Waals surface area contributed by atoms with E-state index in [1.54, 1.807) is 36.4 Å². The van der Waals surface area contributed by atoms with Gasteiger partial charge in [0.1, 0.15) is 0 Å². The molecule has 0 fully saturated rings. The Morgan fingerprint density at radius 3 is 2.43 bits per heavy atom. The van der Waals surface area contributed by atoms with Gasteiger partial charge >= 0.3 is 6.18 Å². The molecule has 1 unspecified atom stereocenters. The van der Waals surface area contributed by atoms with Crippen LogP contribution in [0.4, 0.5) is 18.9 Å². The first kappa shape index (κ1) is 22.1. The zero-order chi connectivity index (χ0) is 19.3. The Balaban J connectivity index is 0.00000280. The number of hydrogen-bond acceptors (Lipinski definition) is 3. The fourth-order valence-corrected chi connectivity index (χ4v) is 2.70. The highest BCUT2D eigenvalue weighted by Gasteiger charge is 2.40. The van der Waals surface area contributed by atoms with Crippen LogP contribution >= 0.6 is 24.0 Å². The summed E-state index contributed by atoms with van der Waals surface area (Å²) in [5.41, 5.74) is 6.49. The van der Waals surface area contributed by atoms with Crippen molar-refractivity contribution in [3.05, 3.63) is 54.1 Å². The fourth-order valence-electron chi connectivity index (χ4n) is 2.70. The molecule has 3 N–H and O–H groups in total. The maximum absolute atomic E-state index is 13.3. The molecule has 3 rings (SSSR count). The van der Waals surface area contributed by atoms with E-state index >= 15 is 0 Å². The summed E-state index contributed by atoms with van der Waals surface area (Å²) in [5, 5.41) is 2.80. The fraction of sp³-hybridized carbons (Fsp3) is 0.316. The predicted octanol–water partition coefficient (Wildman–Crippen LogP) is 4.54. The third-order valence-electron chi connectivity index (χ3n) is 4.06. The summed E-state index contributed by atoms with van der Waals surface area (Å²) in [6.45, 7) is 0.600. The van der Waals surface area contributed by atoms with Crippen molar-refractivity contribution < 1.29 is 22.6 Å². The van der Waals surface area contributed by atoms with Gasteiger partial charge in [-0.2, -0.15) is 13.2 Å². The molecule has 0 spiro atoms. The SMILES string of the molecule is I.NC(=NCC(c1ccccc1)C(F)(F)F)Nc1ccc2c(c1)OCCCO2. The quantitative estimate of drug-likeness (QED) is 0.363. The van der Waals surface area contributed by atoms with Gasteiger partial charge in [-0.1, -0.05) is 30.3 Å². The number of nitrogens with two attached hydrogens (primary N) is 1. The molecule has 0 saturated heterocycles. The molecule has 1 atom stereocenters. The van der Waals surface area contributed by atoms with Crippen molar-refractivity contribution in [3.63, 3.8) is 0 Å². The van der Waals surface area contributed by atoms with Crippen molar-refractivity contribution in [2.45, 2.75) is 18.5 Å². The Kier molecular flexibility index (Phi) is 7.78. The van der Waals surface area contributed by atoms with Crippen molar-refractivity contribution in [2.75, 3.05) is 25.1 Å². The van der Waals surface area contributed by atoms with Crippen LogP contribution in [0.2, 0.25) is 0 Å². The second-order valence-corrected chi connectivity index (χ2v) is 6.07. The second-order valence-electron chi connectivity index (χ2n) is 6.07. The molecular formula is C19H21F3IN3O2. The van der Waals surface area contributed by atoms with Crippen LogP contribution in [0.5, 0.6) is 11.5 Å². The van der Waals surface area contributed by atoms with Crippen molar-refractivity contribution in [1.29, 1.82) is 0 Å². The Morgan fingerprint density at radius 1 is 1.07 bits per heavy atom. The number of benzene rings is 2. The number of rotatable bonds is 4. The first-order chi connectivity index (χ1) is 12.9. The van der Waals surface area contributed by atoms with E-state index in [1.165, 1.54) is 12.1 Å². The van der Waals surface area contributed by atoms with Crippen LogP contribution < -0.4 is 20.5 Å². The molecule has 2 aromatic rings. The van der Waals surface area contributed by atoms with Gasteiger partial charge in [0.05, 0.1) is 25.7 Å². The first-order valence-corrected chi connectivity index (χ1v) is 8.52. The van der Waals surface area contributed by atoms with Crippen LogP contribution in [0, 0.1) is 0 Å². The van der Waals surface area contributed by atoms with Gasteiger partial charge < -0.3 is 20.5 Å². The van der Waals surface area contributed by atoms with Gasteiger partial charge in [-0.05, 0) is 17.7 Å². The summed E-state index contributed by atoms with van der Waals surface area (Å²) in [6.07, 6.45) is -3.64. The van der Waals surface area contributed by atoms with Crippen LogP contribution in [-0.4, -0.2) is 31.9 Å². The van der Waals surface area contributed by atoms with E-state index in [0.29, 0.717) is 30.4 Å². The molecule has 0 radical (unpaired) electrons. The predicted molar refractivity (Wildman–Crippen MR) is 113 cm³/mol. The Bertz CT molecular complexity index is 801. The van der Waals surface area contributed by atoms with Gasteiger partial charge in [0.25, 0.3) is 0 Å². The normalized spacial score (nSPS) is 15.2. The van der Waals surface area contributed by atoms with Gasteiger partial charge in [-0.3, -0.25) is 4.99 Å². The topological polar surface area (TPSA) is 68.9 Å². The Morgan fingerprint density at radius 2 is 1.75 bits per heavy atom. The third-order valence-corrected chi connectivity index (χ3v) is 4.06. The molecule has 5 nitrogen and oxygen atoms in total. The second kappa shape index (κ2) is 9.85. The monoisotopic (exact) mass is 507 g/mol. The van der Waals surface area contributed by atoms with Gasteiger partial charge in [0.2, 0.25) is 0 Å². The Labute approximate surface area is 178 Å². The number of anilines is 1. The van der Waals surface area contributed by atoms with Crippen LogP contribution in [0.25, 0.3) is 0 Å². The lowest BCUT2D eigenvalue weighted by Crippen LogP contribution is -2.27. The molecule has 152 valence electrons. The minimum absolute atomic E-state index is 0. The lowest BCUT2D eigenvalue weighted by atomic mass is 9.99. The van der Waals surface area contributed by atoms with E-state index in [1.807, 2.05) is 0 Å². The number of fused-ring (bicyclic) bond motifs is 1. The first-order valence-electron chi connectivity index (χ1n) is 8.52. The summed E-state index contributed by atoms with van der Waals surface area (Å²) < 4.78 is 51.2. The molecule has 0 bridgehead atoms. The van der Waals surface area contributed by atoms with Crippen LogP contribution in [0.15, 0.2) is 53.5 Å². The van der Waals surface area contributed by atoms with E-state index in [-0.39, 0.29) is 35.5 Å². The number of nitrogens with one attached hydrogen (secondary N) is 1. The zero-order valence-corrected chi connectivity index (χ0v) is 17.2. The van der Waals surface area contributed by atoms with Gasteiger partial charge in [0, 0.05) is 18.2 Å². The van der Waals surface area contributed by atoms with Crippen LogP contribution in [0.3, 0.4) is 0 Å². The molecule has 2 aromatic carbocycles. The molecular weight excluding hydrogens is 486 g/mol. The molecule has 28 heavy (non-hydrogen) atoms. The number of ether oxygens (including phenoxy) is 2. The molecule has 1 heterocycles. The summed E-state index contributed by atoms with van der Waals surface area (Å²) in [6, 6.07) is 12.8. The summed E-state index contributed by atoms with van der Waals surface area (Å²) in [4.78, 5) is 3.88. The number of hydrogen-bond donors (Lipinski definition) is 2. The summed E-state index contributed by atoms with van der Waals surface area (Å²) in [5.74, 6) is -0.643. The lowest BCUT2D eigenvalue weighted by molar-refractivity contribution is -0.148. The largest absolute Gasteiger partial charge is 0.490 e. The number of nitrogens with zero attached hydrogens (tertiary/aromatic N) is 1. The van der Waals surface area contributed by atoms with E-state index in [2.05, 4.69) is 10.3 Å². The van der Waals surface area contributed by atoms with E-state index < -0.39 is 18.6 Å². The molecule has 0 amide bonds. The summed E-state index contributed by atoms with van der Waals surface area (Å²) in [7, 11) is 0. The van der Waals surface area contributed by atoms with Crippen molar-refractivity contribution in [3.8, 4) is 11.5 Å². The minimum Gasteiger partial charge on any atom is -0.490 e. The highest BCUT2D eigenvalue weighted by atomic mass is 127. The van der Waals surface area contributed by atoms with E-state index in [4.69, 9.17) is 15.2 Å². The Hall–Kier alpha value is -2.17. The molecule has 0 saturated carbocycles. The number of guanidine groups is 1. The average molecular weight is 507 g/mol. The van der Waals surface area contributed by atoms with Gasteiger partial charge in [-0.25, -0.2) is 0 Å². The van der Waals surface area contributed by atoms with E-state index in [0.717, 1.165) is 6.42 Å². The maximum atomic E-state index is 13.3. The van der Waals surface area contributed by atoms with Crippen molar-refractivity contribution in [1.82, 2.24) is 0 Å². The zero-order valence-electron chi connectivity index (χ0n) is 14.9. The molecule has 1 aliphatic heterocycles. The van der Waals surface area contributed by atoms with Crippen molar-refractivity contribution in [2.24, 2.45) is 10.7 Å². The van der Waals surface area contributed by atoms with Gasteiger partial charge in [-0.15, -0.1) is 24.0 Å². The van der Waals surface area contributed by atoms with Crippen LogP contribution in [0.1, 0.15) is 17.9 Å². The van der Waals surface area contributed by atoms with Crippen molar-refractivity contribution >= 4 is 35.6 Å². The average Bonchev–Trinajstić information content (AvgIpc) is 2.86. The van der Waals surface area contributed by atoms with Crippen LogP contribution in [-0.2, 0) is 0 Å². The third kappa shape index (κ3) is 5.91. The standard InChI is InChI=1S/C19H20F3N3O2.HI/c20-19(21,22)15(13-5-2-1-3-6-13)12-24-18(23)25-14-7-8-16-17(11-14)27-10-4-9-26-16;/h1-3,5-8,11,15H,4,9-10,12H2,(H3,23,24,25);1H. The highest BCUT2D eigenvalue weighted by molar-refractivity contribution is 14.0. The number of halogens is 4. The molecule has 0 aromatic heterocycles. The molecule has 1 aliphatic rings. The number of alkyl halides is 3. The minimum atomic E-state index is -4.42. The molecule has 0 aliphatic carbocycles. The van der Waals surface area contributed by atoms with Gasteiger partial charge in [0.15, 0.2) is 17.5 Å². The number of aliphatic imine (C=N–C) groups is 1. The summed E-state index contributed by atoms with van der Waals surface area (Å²) >= 11 is 0.